The second kappa shape index (κ2) is 5.83. The second-order valence-corrected chi connectivity index (χ2v) is 5.02. The lowest BCUT2D eigenvalue weighted by Crippen LogP contribution is -2.15. The molecule has 0 saturated carbocycles. The molecule has 0 spiro atoms. The van der Waals surface area contributed by atoms with Crippen LogP contribution in [0, 0.1) is 6.92 Å². The van der Waals surface area contributed by atoms with Gasteiger partial charge in [0.25, 0.3) is 0 Å². The third-order valence-corrected chi connectivity index (χ3v) is 3.47. The van der Waals surface area contributed by atoms with E-state index in [9.17, 15) is 0 Å². The van der Waals surface area contributed by atoms with E-state index in [-0.39, 0.29) is 0 Å². The predicted molar refractivity (Wildman–Crippen MR) is 70.9 cm³/mol. The summed E-state index contributed by atoms with van der Waals surface area (Å²) in [4.78, 5) is 1.41. The van der Waals surface area contributed by atoms with Crippen molar-refractivity contribution in [3.63, 3.8) is 0 Å². The quantitative estimate of drug-likeness (QED) is 0.778. The molecular formula is C14H17NS. The van der Waals surface area contributed by atoms with Gasteiger partial charge < -0.3 is 5.32 Å². The lowest BCUT2D eigenvalue weighted by atomic mass is 10.1. The summed E-state index contributed by atoms with van der Waals surface area (Å²) in [6.45, 7) is 4.16. The minimum absolute atomic E-state index is 0.990. The summed E-state index contributed by atoms with van der Waals surface area (Å²) < 4.78 is 0. The monoisotopic (exact) mass is 231 g/mol. The zero-order valence-corrected chi connectivity index (χ0v) is 10.4. The Morgan fingerprint density at radius 2 is 1.94 bits per heavy atom. The first-order chi connectivity index (χ1) is 7.84. The van der Waals surface area contributed by atoms with Crippen LogP contribution in [0.25, 0.3) is 0 Å². The molecule has 1 aromatic carbocycles. The van der Waals surface area contributed by atoms with Crippen molar-refractivity contribution in [2.45, 2.75) is 19.9 Å². The fraction of sp³-hybridized carbons (Fsp3) is 0.286. The summed E-state index contributed by atoms with van der Waals surface area (Å²) >= 11 is 1.81. The maximum Gasteiger partial charge on any atom is 0.0299 e. The number of aryl methyl sites for hydroxylation is 1. The van der Waals surface area contributed by atoms with Crippen LogP contribution in [-0.4, -0.2) is 6.54 Å². The molecule has 1 heterocycles. The minimum atomic E-state index is 0.990. The molecule has 0 bridgehead atoms. The summed E-state index contributed by atoms with van der Waals surface area (Å²) in [5.41, 5.74) is 2.74. The molecule has 2 aromatic rings. The zero-order valence-electron chi connectivity index (χ0n) is 9.57. The van der Waals surface area contributed by atoms with E-state index in [1.54, 1.807) is 0 Å². The summed E-state index contributed by atoms with van der Waals surface area (Å²) in [6.07, 6.45) is 1.10. The van der Waals surface area contributed by atoms with Crippen LogP contribution in [-0.2, 0) is 13.0 Å². The molecule has 1 nitrogen and oxygen atoms in total. The van der Waals surface area contributed by atoms with Gasteiger partial charge in [0.2, 0.25) is 0 Å². The molecule has 2 heteroatoms. The Kier molecular flexibility index (Phi) is 4.14. The van der Waals surface area contributed by atoms with Gasteiger partial charge in [-0.15, -0.1) is 11.3 Å². The summed E-state index contributed by atoms with van der Waals surface area (Å²) in [5.74, 6) is 0. The topological polar surface area (TPSA) is 12.0 Å². The van der Waals surface area contributed by atoms with Crippen LogP contribution >= 0.6 is 11.3 Å². The van der Waals surface area contributed by atoms with Gasteiger partial charge in [0.05, 0.1) is 0 Å². The van der Waals surface area contributed by atoms with Gasteiger partial charge in [0.15, 0.2) is 0 Å². The summed E-state index contributed by atoms with van der Waals surface area (Å²) in [5, 5.41) is 5.58. The standard InChI is InChI=1S/C14H17NS/c1-12-4-6-13(7-5-12)8-9-15-11-14-3-2-10-16-14/h2-7,10,15H,8-9,11H2,1H3. The molecule has 1 N–H and O–H groups in total. The largest absolute Gasteiger partial charge is 0.312 e. The Morgan fingerprint density at radius 1 is 1.12 bits per heavy atom. The third-order valence-electron chi connectivity index (χ3n) is 2.59. The molecule has 0 aliphatic heterocycles. The van der Waals surface area contributed by atoms with E-state index >= 15 is 0 Å². The van der Waals surface area contributed by atoms with Gasteiger partial charge >= 0.3 is 0 Å². The van der Waals surface area contributed by atoms with Crippen molar-refractivity contribution in [3.8, 4) is 0 Å². The van der Waals surface area contributed by atoms with Crippen LogP contribution in [0.5, 0.6) is 0 Å². The van der Waals surface area contributed by atoms with Gasteiger partial charge in [-0.1, -0.05) is 35.9 Å². The first-order valence-electron chi connectivity index (χ1n) is 5.63. The fourth-order valence-electron chi connectivity index (χ4n) is 1.61. The molecule has 0 atom stereocenters. The molecule has 0 amide bonds. The predicted octanol–water partition coefficient (Wildman–Crippen LogP) is 3.39. The highest BCUT2D eigenvalue weighted by Gasteiger charge is 1.94. The molecule has 0 aliphatic carbocycles. The van der Waals surface area contributed by atoms with Gasteiger partial charge in [-0.3, -0.25) is 0 Å². The minimum Gasteiger partial charge on any atom is -0.312 e. The highest BCUT2D eigenvalue weighted by molar-refractivity contribution is 7.09. The van der Waals surface area contributed by atoms with E-state index in [0.29, 0.717) is 0 Å². The van der Waals surface area contributed by atoms with Crippen molar-refractivity contribution < 1.29 is 0 Å². The molecule has 0 unspecified atom stereocenters. The second-order valence-electron chi connectivity index (χ2n) is 3.99. The fourth-order valence-corrected chi connectivity index (χ4v) is 2.29. The van der Waals surface area contributed by atoms with Crippen LogP contribution in [0.3, 0.4) is 0 Å². The van der Waals surface area contributed by atoms with Crippen LogP contribution in [0.1, 0.15) is 16.0 Å². The third kappa shape index (κ3) is 3.47. The molecule has 2 rings (SSSR count). The molecule has 0 saturated heterocycles. The van der Waals surface area contributed by atoms with Crippen molar-refractivity contribution in [2.24, 2.45) is 0 Å². The van der Waals surface area contributed by atoms with E-state index in [4.69, 9.17) is 0 Å². The lowest BCUT2D eigenvalue weighted by Gasteiger charge is -2.03. The average molecular weight is 231 g/mol. The Bertz CT molecular complexity index is 403. The van der Waals surface area contributed by atoms with Crippen LogP contribution < -0.4 is 5.32 Å². The van der Waals surface area contributed by atoms with E-state index in [1.165, 1.54) is 16.0 Å². The number of rotatable bonds is 5. The van der Waals surface area contributed by atoms with Crippen molar-refractivity contribution in [2.75, 3.05) is 6.54 Å². The SMILES string of the molecule is Cc1ccc(CCNCc2cccs2)cc1. The van der Waals surface area contributed by atoms with Crippen molar-refractivity contribution in [1.82, 2.24) is 5.32 Å². The molecule has 0 aliphatic rings. The summed E-state index contributed by atoms with van der Waals surface area (Å²) in [7, 11) is 0. The van der Waals surface area contributed by atoms with Gasteiger partial charge in [-0.2, -0.15) is 0 Å². The smallest absolute Gasteiger partial charge is 0.0299 e. The maximum absolute atomic E-state index is 3.46. The molecule has 0 fully saturated rings. The zero-order chi connectivity index (χ0) is 11.2. The highest BCUT2D eigenvalue weighted by Crippen LogP contribution is 2.07. The molecule has 1 aromatic heterocycles. The van der Waals surface area contributed by atoms with Gasteiger partial charge in [-0.05, 0) is 36.9 Å². The Hall–Kier alpha value is -1.12. The number of hydrogen-bond donors (Lipinski definition) is 1. The maximum atomic E-state index is 3.46. The van der Waals surface area contributed by atoms with Crippen LogP contribution in [0.4, 0.5) is 0 Å². The van der Waals surface area contributed by atoms with E-state index in [2.05, 4.69) is 54.0 Å². The Labute approximate surface area is 101 Å². The summed E-state index contributed by atoms with van der Waals surface area (Å²) in [6, 6.07) is 13.0. The van der Waals surface area contributed by atoms with Crippen molar-refractivity contribution in [1.29, 1.82) is 0 Å². The van der Waals surface area contributed by atoms with Crippen LogP contribution in [0.15, 0.2) is 41.8 Å². The first-order valence-corrected chi connectivity index (χ1v) is 6.51. The molecule has 84 valence electrons. The van der Waals surface area contributed by atoms with E-state index in [0.717, 1.165) is 19.5 Å². The molecule has 16 heavy (non-hydrogen) atoms. The Morgan fingerprint density at radius 3 is 2.62 bits per heavy atom. The lowest BCUT2D eigenvalue weighted by molar-refractivity contribution is 0.693. The average Bonchev–Trinajstić information content (AvgIpc) is 2.80. The van der Waals surface area contributed by atoms with Gasteiger partial charge in [0.1, 0.15) is 0 Å². The van der Waals surface area contributed by atoms with Crippen LogP contribution in [0.2, 0.25) is 0 Å². The first kappa shape index (κ1) is 11.4. The van der Waals surface area contributed by atoms with E-state index in [1.807, 2.05) is 11.3 Å². The molecule has 0 radical (unpaired) electrons. The number of nitrogens with one attached hydrogen (secondary N) is 1. The van der Waals surface area contributed by atoms with Gasteiger partial charge in [-0.25, -0.2) is 0 Å². The number of hydrogen-bond acceptors (Lipinski definition) is 2. The number of benzene rings is 1. The highest BCUT2D eigenvalue weighted by atomic mass is 32.1. The van der Waals surface area contributed by atoms with Crippen molar-refractivity contribution >= 4 is 11.3 Å². The van der Waals surface area contributed by atoms with E-state index < -0.39 is 0 Å². The Balaban J connectivity index is 1.70. The molecular weight excluding hydrogens is 214 g/mol. The van der Waals surface area contributed by atoms with Gasteiger partial charge in [0, 0.05) is 11.4 Å². The normalized spacial score (nSPS) is 10.6. The van der Waals surface area contributed by atoms with Crippen molar-refractivity contribution in [3.05, 3.63) is 57.8 Å². The number of thiophene rings is 1.